The van der Waals surface area contributed by atoms with Crippen LogP contribution in [0.3, 0.4) is 0 Å². The van der Waals surface area contributed by atoms with Crippen molar-refractivity contribution in [1.29, 1.82) is 0 Å². The summed E-state index contributed by atoms with van der Waals surface area (Å²) in [5.41, 5.74) is 1.01. The molecule has 6 nitrogen and oxygen atoms in total. The number of pyridine rings is 1. The summed E-state index contributed by atoms with van der Waals surface area (Å²) in [5.74, 6) is 0.814. The van der Waals surface area contributed by atoms with Gasteiger partial charge in [-0.3, -0.25) is 9.78 Å². The number of carboxylic acids is 1. The Morgan fingerprint density at radius 1 is 1.31 bits per heavy atom. The molecule has 1 saturated carbocycles. The van der Waals surface area contributed by atoms with Crippen LogP contribution in [0.2, 0.25) is 0 Å². The van der Waals surface area contributed by atoms with Crippen molar-refractivity contribution in [2.24, 2.45) is 5.92 Å². The second-order valence-corrected chi connectivity index (χ2v) is 7.32. The van der Waals surface area contributed by atoms with Crippen molar-refractivity contribution in [3.63, 3.8) is 0 Å². The predicted octanol–water partition coefficient (Wildman–Crippen LogP) is 4.36. The van der Waals surface area contributed by atoms with E-state index >= 15 is 0 Å². The van der Waals surface area contributed by atoms with Crippen LogP contribution in [0.5, 0.6) is 0 Å². The normalized spacial score (nSPS) is 16.5. The second-order valence-electron chi connectivity index (χ2n) is 7.32. The number of nitrogens with zero attached hydrogens (tertiary/aromatic N) is 3. The van der Waals surface area contributed by atoms with E-state index in [1.165, 1.54) is 38.5 Å². The molecule has 0 aliphatic heterocycles. The maximum atomic E-state index is 11.2. The Hall–Kier alpha value is -2.24. The molecule has 1 atom stereocenters. The molecular formula is C20H27N3O3. The topological polar surface area (TPSA) is 89.1 Å². The number of carbonyl (C=O) groups is 1. The van der Waals surface area contributed by atoms with Crippen LogP contribution in [0, 0.1) is 5.92 Å². The van der Waals surface area contributed by atoms with Gasteiger partial charge in [0.1, 0.15) is 0 Å². The molecule has 2 aromatic heterocycles. The van der Waals surface area contributed by atoms with Crippen molar-refractivity contribution in [1.82, 2.24) is 15.1 Å². The van der Waals surface area contributed by atoms with Gasteiger partial charge in [-0.25, -0.2) is 0 Å². The molecule has 26 heavy (non-hydrogen) atoms. The van der Waals surface area contributed by atoms with E-state index in [1.54, 1.807) is 12.4 Å². The van der Waals surface area contributed by atoms with Crippen molar-refractivity contribution < 1.29 is 14.4 Å². The van der Waals surface area contributed by atoms with Gasteiger partial charge in [-0.2, -0.15) is 4.98 Å². The molecule has 2 heterocycles. The molecule has 1 fully saturated rings. The maximum Gasteiger partial charge on any atom is 0.304 e. The minimum absolute atomic E-state index is 0.0409. The largest absolute Gasteiger partial charge is 0.481 e. The van der Waals surface area contributed by atoms with Crippen LogP contribution >= 0.6 is 0 Å². The number of aromatic nitrogens is 3. The van der Waals surface area contributed by atoms with Gasteiger partial charge in [0.05, 0.1) is 6.42 Å². The zero-order valence-electron chi connectivity index (χ0n) is 15.1. The molecule has 2 aromatic rings. The first-order chi connectivity index (χ1) is 12.7. The third-order valence-electron chi connectivity index (χ3n) is 5.23. The van der Waals surface area contributed by atoms with Crippen molar-refractivity contribution in [3.05, 3.63) is 41.8 Å². The van der Waals surface area contributed by atoms with Gasteiger partial charge in [-0.1, -0.05) is 56.2 Å². The van der Waals surface area contributed by atoms with Gasteiger partial charge in [0.2, 0.25) is 5.89 Å². The Morgan fingerprint density at radius 3 is 2.88 bits per heavy atom. The average Bonchev–Trinajstić information content (AvgIpc) is 3.11. The SMILES string of the molecule is O=C(O)C[C@H](CCCC1CCCCC1)c1nc(Cc2cccnc2)no1. The van der Waals surface area contributed by atoms with E-state index in [9.17, 15) is 9.90 Å². The first-order valence-electron chi connectivity index (χ1n) is 9.64. The Bertz CT molecular complexity index is 681. The summed E-state index contributed by atoms with van der Waals surface area (Å²) in [6, 6.07) is 3.83. The number of carboxylic acid groups (broad SMARTS) is 1. The lowest BCUT2D eigenvalue weighted by molar-refractivity contribution is -0.137. The summed E-state index contributed by atoms with van der Waals surface area (Å²) in [5, 5.41) is 13.3. The first-order valence-corrected chi connectivity index (χ1v) is 9.64. The zero-order chi connectivity index (χ0) is 18.2. The van der Waals surface area contributed by atoms with E-state index in [2.05, 4.69) is 15.1 Å². The fourth-order valence-electron chi connectivity index (χ4n) is 3.84. The molecule has 3 rings (SSSR count). The highest BCUT2D eigenvalue weighted by atomic mass is 16.5. The molecule has 140 valence electrons. The number of hydrogen-bond acceptors (Lipinski definition) is 5. The Morgan fingerprint density at radius 2 is 2.15 bits per heavy atom. The van der Waals surface area contributed by atoms with Crippen LogP contribution in [0.4, 0.5) is 0 Å². The third kappa shape index (κ3) is 5.64. The molecule has 0 saturated heterocycles. The van der Waals surface area contributed by atoms with E-state index < -0.39 is 5.97 Å². The van der Waals surface area contributed by atoms with Gasteiger partial charge >= 0.3 is 5.97 Å². The van der Waals surface area contributed by atoms with Crippen molar-refractivity contribution in [2.45, 2.75) is 70.1 Å². The third-order valence-corrected chi connectivity index (χ3v) is 5.23. The lowest BCUT2D eigenvalue weighted by Gasteiger charge is -2.21. The second kappa shape index (κ2) is 9.46. The fraction of sp³-hybridized carbons (Fsp3) is 0.600. The summed E-state index contributed by atoms with van der Waals surface area (Å²) in [6.45, 7) is 0. The van der Waals surface area contributed by atoms with E-state index in [4.69, 9.17) is 4.52 Å². The number of hydrogen-bond donors (Lipinski definition) is 1. The van der Waals surface area contributed by atoms with Crippen LogP contribution < -0.4 is 0 Å². The van der Waals surface area contributed by atoms with Gasteiger partial charge < -0.3 is 9.63 Å². The van der Waals surface area contributed by atoms with Gasteiger partial charge in [-0.05, 0) is 24.0 Å². The van der Waals surface area contributed by atoms with E-state index in [-0.39, 0.29) is 12.3 Å². The Balaban J connectivity index is 1.57. The monoisotopic (exact) mass is 357 g/mol. The Labute approximate surface area is 154 Å². The standard InChI is InChI=1S/C20H27N3O3/c24-19(25)13-17(10-4-8-15-6-2-1-3-7-15)20-22-18(23-26-20)12-16-9-5-11-21-14-16/h5,9,11,14-15,17H,1-4,6-8,10,12-13H2,(H,24,25)/t17-/m0/s1. The molecule has 0 spiro atoms. The lowest BCUT2D eigenvalue weighted by Crippen LogP contribution is -2.10. The molecule has 0 amide bonds. The minimum atomic E-state index is -0.820. The summed E-state index contributed by atoms with van der Waals surface area (Å²) in [6.07, 6.45) is 13.7. The van der Waals surface area contributed by atoms with Crippen LogP contribution in [0.1, 0.15) is 81.0 Å². The maximum absolute atomic E-state index is 11.2. The molecule has 0 bridgehead atoms. The minimum Gasteiger partial charge on any atom is -0.481 e. The molecule has 1 aliphatic rings. The van der Waals surface area contributed by atoms with Crippen molar-refractivity contribution in [3.8, 4) is 0 Å². The quantitative estimate of drug-likeness (QED) is 0.717. The predicted molar refractivity (Wildman–Crippen MR) is 96.8 cm³/mol. The van der Waals surface area contributed by atoms with Gasteiger partial charge in [0.25, 0.3) is 0 Å². The number of rotatable bonds is 9. The molecular weight excluding hydrogens is 330 g/mol. The molecule has 0 aromatic carbocycles. The Kier molecular flexibility index (Phi) is 6.75. The first kappa shape index (κ1) is 18.5. The van der Waals surface area contributed by atoms with Gasteiger partial charge in [0.15, 0.2) is 5.82 Å². The fourth-order valence-corrected chi connectivity index (χ4v) is 3.84. The molecule has 0 radical (unpaired) electrons. The zero-order valence-corrected chi connectivity index (χ0v) is 15.1. The summed E-state index contributed by atoms with van der Waals surface area (Å²) >= 11 is 0. The smallest absolute Gasteiger partial charge is 0.304 e. The number of aliphatic carboxylic acids is 1. The summed E-state index contributed by atoms with van der Waals surface area (Å²) < 4.78 is 5.40. The van der Waals surface area contributed by atoms with Crippen LogP contribution in [-0.2, 0) is 11.2 Å². The summed E-state index contributed by atoms with van der Waals surface area (Å²) in [4.78, 5) is 19.8. The van der Waals surface area contributed by atoms with E-state index in [1.807, 2.05) is 12.1 Å². The van der Waals surface area contributed by atoms with E-state index in [0.717, 1.165) is 24.3 Å². The average molecular weight is 357 g/mol. The molecule has 0 unspecified atom stereocenters. The molecule has 1 aliphatic carbocycles. The lowest BCUT2D eigenvalue weighted by atomic mass is 9.84. The van der Waals surface area contributed by atoms with Crippen molar-refractivity contribution >= 4 is 5.97 Å². The van der Waals surface area contributed by atoms with Gasteiger partial charge in [0, 0.05) is 24.7 Å². The highest BCUT2D eigenvalue weighted by Gasteiger charge is 2.23. The molecule has 6 heteroatoms. The highest BCUT2D eigenvalue weighted by Crippen LogP contribution is 2.31. The summed E-state index contributed by atoms with van der Waals surface area (Å²) in [7, 11) is 0. The van der Waals surface area contributed by atoms with Crippen molar-refractivity contribution in [2.75, 3.05) is 0 Å². The van der Waals surface area contributed by atoms with Crippen LogP contribution in [0.15, 0.2) is 29.0 Å². The molecule has 1 N–H and O–H groups in total. The van der Waals surface area contributed by atoms with Crippen LogP contribution in [0.25, 0.3) is 0 Å². The van der Waals surface area contributed by atoms with E-state index in [0.29, 0.717) is 18.1 Å². The highest BCUT2D eigenvalue weighted by molar-refractivity contribution is 5.67. The van der Waals surface area contributed by atoms with Crippen LogP contribution in [-0.4, -0.2) is 26.2 Å². The van der Waals surface area contributed by atoms with Gasteiger partial charge in [-0.15, -0.1) is 0 Å².